The number of imidazole rings is 1. The van der Waals surface area contributed by atoms with Crippen LogP contribution in [0.25, 0.3) is 11.0 Å². The lowest BCUT2D eigenvalue weighted by atomic mass is 10.1. The molecule has 2 aromatic heterocycles. The van der Waals surface area contributed by atoms with E-state index >= 15 is 0 Å². The highest BCUT2D eigenvalue weighted by molar-refractivity contribution is 5.76. The number of aromatic amines is 1. The minimum absolute atomic E-state index is 0.261. The van der Waals surface area contributed by atoms with Crippen molar-refractivity contribution in [2.24, 2.45) is 0 Å². The number of amides is 2. The summed E-state index contributed by atoms with van der Waals surface area (Å²) in [4.78, 5) is 28.9. The van der Waals surface area contributed by atoms with E-state index in [0.29, 0.717) is 25.2 Å². The summed E-state index contributed by atoms with van der Waals surface area (Å²) in [6.07, 6.45) is 6.15. The Morgan fingerprint density at radius 2 is 1.97 bits per heavy atom. The second-order valence-electron chi connectivity index (χ2n) is 7.09. The van der Waals surface area contributed by atoms with Gasteiger partial charge in [-0.2, -0.15) is 0 Å². The van der Waals surface area contributed by atoms with E-state index in [-0.39, 0.29) is 12.1 Å². The number of benzene rings is 2. The topological polar surface area (TPSA) is 105 Å². The molecule has 0 bridgehead atoms. The fraction of sp³-hybridized carbons (Fsp3) is 0.217. The minimum atomic E-state index is -0.322. The van der Waals surface area contributed by atoms with E-state index in [2.05, 4.69) is 30.6 Å². The van der Waals surface area contributed by atoms with Crippen molar-refractivity contribution in [2.45, 2.75) is 18.9 Å². The molecular formula is C23H24N6O2. The molecule has 1 atom stereocenters. The van der Waals surface area contributed by atoms with E-state index < -0.39 is 0 Å². The molecule has 0 aliphatic carbocycles. The summed E-state index contributed by atoms with van der Waals surface area (Å²) >= 11 is 0. The van der Waals surface area contributed by atoms with Crippen molar-refractivity contribution >= 4 is 17.1 Å². The maximum absolute atomic E-state index is 12.6. The normalized spacial score (nSPS) is 11.8. The second kappa shape index (κ2) is 9.71. The second-order valence-corrected chi connectivity index (χ2v) is 7.09. The molecule has 0 saturated carbocycles. The molecule has 0 aliphatic rings. The molecule has 0 saturated heterocycles. The third kappa shape index (κ3) is 5.36. The number of carbonyl (C=O) groups excluding carboxylic acids is 1. The number of aromatic nitrogens is 4. The average molecular weight is 416 g/mol. The Kier molecular flexibility index (Phi) is 6.37. The zero-order chi connectivity index (χ0) is 21.5. The molecule has 0 fully saturated rings. The van der Waals surface area contributed by atoms with Gasteiger partial charge >= 0.3 is 6.03 Å². The number of nitrogens with zero attached hydrogens (tertiary/aromatic N) is 3. The van der Waals surface area contributed by atoms with E-state index in [1.807, 2.05) is 48.5 Å². The van der Waals surface area contributed by atoms with Crippen LogP contribution < -0.4 is 15.4 Å². The minimum Gasteiger partial charge on any atom is -0.497 e. The summed E-state index contributed by atoms with van der Waals surface area (Å²) in [7, 11) is 1.64. The standard InChI is InChI=1S/C23H24N6O2/c1-31-18-8-6-16(7-9-18)14-21(22-27-19-4-2-3-5-20(19)28-22)29-23(30)26-11-10-17-15-24-12-13-25-17/h2-9,12-13,15,21H,10-11,14H2,1H3,(H,27,28)(H2,26,29,30)/t21-/m1/s1. The van der Waals surface area contributed by atoms with E-state index in [9.17, 15) is 4.79 Å². The highest BCUT2D eigenvalue weighted by atomic mass is 16.5. The summed E-state index contributed by atoms with van der Waals surface area (Å²) in [5.41, 5.74) is 3.69. The van der Waals surface area contributed by atoms with E-state index in [0.717, 1.165) is 28.0 Å². The predicted molar refractivity (Wildman–Crippen MR) is 118 cm³/mol. The number of H-pyrrole nitrogens is 1. The van der Waals surface area contributed by atoms with Gasteiger partial charge in [0.1, 0.15) is 11.6 Å². The van der Waals surface area contributed by atoms with Crippen LogP contribution in [0.3, 0.4) is 0 Å². The predicted octanol–water partition coefficient (Wildman–Crippen LogP) is 3.19. The lowest BCUT2D eigenvalue weighted by molar-refractivity contribution is 0.236. The number of ether oxygens (including phenoxy) is 1. The van der Waals surface area contributed by atoms with E-state index in [4.69, 9.17) is 4.74 Å². The summed E-state index contributed by atoms with van der Waals surface area (Å²) in [6, 6.07) is 15.0. The van der Waals surface area contributed by atoms with E-state index in [1.54, 1.807) is 25.7 Å². The molecule has 4 aromatic rings. The molecule has 0 unspecified atom stereocenters. The Labute approximate surface area is 180 Å². The van der Waals surface area contributed by atoms with Crippen LogP contribution in [0, 0.1) is 0 Å². The van der Waals surface area contributed by atoms with Crippen molar-refractivity contribution in [3.63, 3.8) is 0 Å². The lowest BCUT2D eigenvalue weighted by Gasteiger charge is -2.18. The first kappa shape index (κ1) is 20.3. The van der Waals surface area contributed by atoms with Gasteiger partial charge in [-0.1, -0.05) is 24.3 Å². The monoisotopic (exact) mass is 416 g/mol. The molecule has 0 spiro atoms. The smallest absolute Gasteiger partial charge is 0.315 e. The van der Waals surface area contributed by atoms with Crippen LogP contribution in [0.5, 0.6) is 5.75 Å². The van der Waals surface area contributed by atoms with E-state index in [1.165, 1.54) is 0 Å². The van der Waals surface area contributed by atoms with Gasteiger partial charge in [0, 0.05) is 31.6 Å². The molecule has 0 radical (unpaired) electrons. The number of methoxy groups -OCH3 is 1. The summed E-state index contributed by atoms with van der Waals surface area (Å²) in [6.45, 7) is 0.458. The van der Waals surface area contributed by atoms with Gasteiger partial charge in [0.15, 0.2) is 0 Å². The van der Waals surface area contributed by atoms with Crippen molar-refractivity contribution in [3.05, 3.63) is 84.2 Å². The van der Waals surface area contributed by atoms with Crippen LogP contribution >= 0.6 is 0 Å². The van der Waals surface area contributed by atoms with Gasteiger partial charge in [-0.05, 0) is 36.2 Å². The van der Waals surface area contributed by atoms with Gasteiger partial charge in [-0.3, -0.25) is 9.97 Å². The highest BCUT2D eigenvalue weighted by Gasteiger charge is 2.19. The fourth-order valence-corrected chi connectivity index (χ4v) is 3.32. The van der Waals surface area contributed by atoms with Crippen LogP contribution in [0.2, 0.25) is 0 Å². The number of para-hydroxylation sites is 2. The number of nitrogens with one attached hydrogen (secondary N) is 3. The van der Waals surface area contributed by atoms with Crippen molar-refractivity contribution in [3.8, 4) is 5.75 Å². The first-order valence-corrected chi connectivity index (χ1v) is 10.1. The van der Waals surface area contributed by atoms with Crippen molar-refractivity contribution in [2.75, 3.05) is 13.7 Å². The molecule has 2 heterocycles. The molecule has 4 rings (SSSR count). The maximum atomic E-state index is 12.6. The van der Waals surface area contributed by atoms with Gasteiger partial charge in [0.25, 0.3) is 0 Å². The van der Waals surface area contributed by atoms with Crippen LogP contribution in [0.15, 0.2) is 67.1 Å². The van der Waals surface area contributed by atoms with Crippen molar-refractivity contribution < 1.29 is 9.53 Å². The molecule has 2 aromatic carbocycles. The number of fused-ring (bicyclic) bond motifs is 1. The SMILES string of the molecule is COc1ccc(C[C@@H](NC(=O)NCCc2cnccn2)c2nc3ccccc3[nH]2)cc1. The summed E-state index contributed by atoms with van der Waals surface area (Å²) < 4.78 is 5.24. The van der Waals surface area contributed by atoms with Crippen molar-refractivity contribution in [1.29, 1.82) is 0 Å². The fourth-order valence-electron chi connectivity index (χ4n) is 3.32. The Morgan fingerprint density at radius 3 is 2.71 bits per heavy atom. The molecule has 158 valence electrons. The van der Waals surface area contributed by atoms with Crippen LogP contribution in [0.4, 0.5) is 4.79 Å². The van der Waals surface area contributed by atoms with Gasteiger partial charge < -0.3 is 20.4 Å². The molecule has 0 aliphatic heterocycles. The molecule has 31 heavy (non-hydrogen) atoms. The highest BCUT2D eigenvalue weighted by Crippen LogP contribution is 2.21. The Balaban J connectivity index is 1.46. The number of rotatable bonds is 8. The Hall–Kier alpha value is -3.94. The first-order valence-electron chi connectivity index (χ1n) is 10.1. The van der Waals surface area contributed by atoms with Crippen LogP contribution in [-0.2, 0) is 12.8 Å². The lowest BCUT2D eigenvalue weighted by Crippen LogP contribution is -2.40. The molecule has 3 N–H and O–H groups in total. The largest absolute Gasteiger partial charge is 0.497 e. The zero-order valence-electron chi connectivity index (χ0n) is 17.2. The van der Waals surface area contributed by atoms with Gasteiger partial charge in [0.05, 0.1) is 29.9 Å². The maximum Gasteiger partial charge on any atom is 0.315 e. The third-order valence-corrected chi connectivity index (χ3v) is 4.93. The van der Waals surface area contributed by atoms with Crippen molar-refractivity contribution in [1.82, 2.24) is 30.6 Å². The third-order valence-electron chi connectivity index (χ3n) is 4.93. The number of hydrogen-bond donors (Lipinski definition) is 3. The van der Waals surface area contributed by atoms with Gasteiger partial charge in [-0.25, -0.2) is 9.78 Å². The number of carbonyl (C=O) groups is 1. The van der Waals surface area contributed by atoms with Crippen LogP contribution in [0.1, 0.15) is 23.1 Å². The van der Waals surface area contributed by atoms with Gasteiger partial charge in [0.2, 0.25) is 0 Å². The number of hydrogen-bond acceptors (Lipinski definition) is 5. The zero-order valence-corrected chi connectivity index (χ0v) is 17.2. The molecule has 8 nitrogen and oxygen atoms in total. The molecule has 8 heteroatoms. The van der Waals surface area contributed by atoms with Crippen LogP contribution in [-0.4, -0.2) is 39.6 Å². The first-order chi connectivity index (χ1) is 15.2. The average Bonchev–Trinajstić information content (AvgIpc) is 3.24. The molecular weight excluding hydrogens is 392 g/mol. The molecule has 2 amide bonds. The van der Waals surface area contributed by atoms with Gasteiger partial charge in [-0.15, -0.1) is 0 Å². The quantitative estimate of drug-likeness (QED) is 0.409. The number of urea groups is 1. The summed E-state index contributed by atoms with van der Waals surface area (Å²) in [5.74, 6) is 1.50. The summed E-state index contributed by atoms with van der Waals surface area (Å²) in [5, 5.41) is 5.94. The Bertz CT molecular complexity index is 1090. The Morgan fingerprint density at radius 1 is 1.13 bits per heavy atom.